The third-order valence-electron chi connectivity index (χ3n) is 3.80. The maximum Gasteiger partial charge on any atom is 0.275 e. The minimum absolute atomic E-state index is 0.0223. The summed E-state index contributed by atoms with van der Waals surface area (Å²) in [6.45, 7) is 4.45. The molecule has 0 heterocycles. The topological polar surface area (TPSA) is 45.7 Å². The van der Waals surface area contributed by atoms with Crippen molar-refractivity contribution in [3.63, 3.8) is 0 Å². The van der Waals surface area contributed by atoms with Gasteiger partial charge in [-0.15, -0.1) is 0 Å². The zero-order chi connectivity index (χ0) is 16.8. The number of nitrogens with two attached hydrogens (primary N) is 1. The molecule has 3 nitrogen and oxygen atoms in total. The minimum atomic E-state index is -0.0303. The van der Waals surface area contributed by atoms with Crippen LogP contribution in [0.1, 0.15) is 37.1 Å². The molecule has 1 amide bonds. The molecule has 5 heteroatoms. The average Bonchev–Trinajstić information content (AvgIpc) is 2.53. The highest BCUT2D eigenvalue weighted by Gasteiger charge is 2.15. The van der Waals surface area contributed by atoms with Gasteiger partial charge in [0.05, 0.1) is 6.04 Å². The molecule has 0 unspecified atom stereocenters. The van der Waals surface area contributed by atoms with Crippen LogP contribution in [0.4, 0.5) is 0 Å². The van der Waals surface area contributed by atoms with Crippen LogP contribution in [0.2, 0.25) is 5.02 Å². The summed E-state index contributed by atoms with van der Waals surface area (Å²) in [5.74, 6) is 0.0223. The number of rotatable bonds is 6. The van der Waals surface area contributed by atoms with Gasteiger partial charge in [-0.05, 0) is 37.6 Å². The molecular weight excluding hydrogens is 376 g/mol. The van der Waals surface area contributed by atoms with Crippen molar-refractivity contribution in [2.75, 3.05) is 6.54 Å². The molecular formula is C18H21BrClN2O+. The first-order valence-electron chi connectivity index (χ1n) is 7.60. The summed E-state index contributed by atoms with van der Waals surface area (Å²) in [6.07, 6.45) is 0. The predicted octanol–water partition coefficient (Wildman–Crippen LogP) is 3.60. The van der Waals surface area contributed by atoms with E-state index in [-0.39, 0.29) is 18.0 Å². The van der Waals surface area contributed by atoms with Gasteiger partial charge in [-0.2, -0.15) is 0 Å². The lowest BCUT2D eigenvalue weighted by molar-refractivity contribution is -0.682. The number of hydrogen-bond donors (Lipinski definition) is 2. The highest BCUT2D eigenvalue weighted by atomic mass is 79.9. The van der Waals surface area contributed by atoms with Gasteiger partial charge in [0.25, 0.3) is 5.91 Å². The second-order valence-corrected chi connectivity index (χ2v) is 6.88. The number of benzene rings is 2. The Morgan fingerprint density at radius 2 is 1.83 bits per heavy atom. The van der Waals surface area contributed by atoms with Crippen molar-refractivity contribution in [2.45, 2.75) is 25.9 Å². The van der Waals surface area contributed by atoms with Crippen molar-refractivity contribution in [3.8, 4) is 0 Å². The van der Waals surface area contributed by atoms with Crippen molar-refractivity contribution in [2.24, 2.45) is 0 Å². The van der Waals surface area contributed by atoms with E-state index >= 15 is 0 Å². The molecule has 0 saturated carbocycles. The van der Waals surface area contributed by atoms with Gasteiger partial charge in [0, 0.05) is 15.1 Å². The summed E-state index contributed by atoms with van der Waals surface area (Å²) < 4.78 is 1.01. The molecule has 2 rings (SSSR count). The highest BCUT2D eigenvalue weighted by Crippen LogP contribution is 2.22. The Kier molecular flexibility index (Phi) is 6.63. The number of quaternary nitrogens is 1. The lowest BCUT2D eigenvalue weighted by atomic mass is 10.1. The van der Waals surface area contributed by atoms with Crippen LogP contribution in [0, 0.1) is 0 Å². The first-order chi connectivity index (χ1) is 11.0. The molecule has 0 aliphatic heterocycles. The standard InChI is InChI=1S/C18H20BrClN2O/c1-12(14-7-9-15(20)10-8-14)21-11-18(23)22-13(2)16-5-3-4-6-17(16)19/h3-10,12-13,21H,11H2,1-2H3,(H,22,23)/p+1/t12-,13+/m1/s1. The molecule has 0 aromatic heterocycles. The van der Waals surface area contributed by atoms with E-state index in [1.165, 1.54) is 0 Å². The van der Waals surface area contributed by atoms with Crippen molar-refractivity contribution in [1.82, 2.24) is 5.32 Å². The van der Waals surface area contributed by atoms with Crippen LogP contribution in [-0.4, -0.2) is 12.5 Å². The Morgan fingerprint density at radius 3 is 2.48 bits per heavy atom. The molecule has 0 fully saturated rings. The molecule has 0 bridgehead atoms. The molecule has 3 N–H and O–H groups in total. The molecule has 2 aromatic rings. The minimum Gasteiger partial charge on any atom is -0.345 e. The number of amides is 1. The second-order valence-electron chi connectivity index (χ2n) is 5.59. The smallest absolute Gasteiger partial charge is 0.275 e. The Labute approximate surface area is 150 Å². The van der Waals surface area contributed by atoms with Gasteiger partial charge in [0.1, 0.15) is 6.04 Å². The first-order valence-corrected chi connectivity index (χ1v) is 8.77. The fraction of sp³-hybridized carbons (Fsp3) is 0.278. The van der Waals surface area contributed by atoms with E-state index in [0.29, 0.717) is 6.54 Å². The summed E-state index contributed by atoms with van der Waals surface area (Å²) in [5.41, 5.74) is 2.23. The van der Waals surface area contributed by atoms with E-state index in [9.17, 15) is 4.79 Å². The number of hydrogen-bond acceptors (Lipinski definition) is 1. The van der Waals surface area contributed by atoms with Crippen molar-refractivity contribution < 1.29 is 10.1 Å². The molecule has 0 radical (unpaired) electrons. The molecule has 2 aromatic carbocycles. The fourth-order valence-corrected chi connectivity index (χ4v) is 3.14. The van der Waals surface area contributed by atoms with Gasteiger partial charge >= 0.3 is 0 Å². The zero-order valence-corrected chi connectivity index (χ0v) is 15.6. The first kappa shape index (κ1) is 18.0. The molecule has 122 valence electrons. The zero-order valence-electron chi connectivity index (χ0n) is 13.2. The number of nitrogens with one attached hydrogen (secondary N) is 1. The van der Waals surface area contributed by atoms with E-state index in [0.717, 1.165) is 20.6 Å². The van der Waals surface area contributed by atoms with E-state index in [2.05, 4.69) is 28.2 Å². The van der Waals surface area contributed by atoms with Crippen LogP contribution >= 0.6 is 27.5 Å². The maximum absolute atomic E-state index is 12.1. The van der Waals surface area contributed by atoms with Crippen LogP contribution in [0.25, 0.3) is 0 Å². The Bertz CT molecular complexity index is 660. The molecule has 0 spiro atoms. The summed E-state index contributed by atoms with van der Waals surface area (Å²) in [6, 6.07) is 15.8. The molecule has 2 atom stereocenters. The third-order valence-corrected chi connectivity index (χ3v) is 4.78. The van der Waals surface area contributed by atoms with Crippen LogP contribution < -0.4 is 10.6 Å². The van der Waals surface area contributed by atoms with E-state index in [1.54, 1.807) is 0 Å². The second kappa shape index (κ2) is 8.48. The van der Waals surface area contributed by atoms with E-state index in [4.69, 9.17) is 11.6 Å². The van der Waals surface area contributed by atoms with Crippen LogP contribution in [0.5, 0.6) is 0 Å². The Morgan fingerprint density at radius 1 is 1.17 bits per heavy atom. The molecule has 23 heavy (non-hydrogen) atoms. The molecule has 0 aliphatic rings. The Balaban J connectivity index is 1.85. The lowest BCUT2D eigenvalue weighted by Gasteiger charge is -2.16. The van der Waals surface area contributed by atoms with Crippen LogP contribution in [0.3, 0.4) is 0 Å². The summed E-state index contributed by atoms with van der Waals surface area (Å²) in [4.78, 5) is 12.1. The average molecular weight is 397 g/mol. The van der Waals surface area contributed by atoms with Gasteiger partial charge in [-0.25, -0.2) is 0 Å². The summed E-state index contributed by atoms with van der Waals surface area (Å²) >= 11 is 9.41. The number of halogens is 2. The van der Waals surface area contributed by atoms with Gasteiger partial charge in [0.2, 0.25) is 0 Å². The number of carbonyl (C=O) groups is 1. The van der Waals surface area contributed by atoms with Crippen molar-refractivity contribution >= 4 is 33.4 Å². The third kappa shape index (κ3) is 5.34. The lowest BCUT2D eigenvalue weighted by Crippen LogP contribution is -2.87. The highest BCUT2D eigenvalue weighted by molar-refractivity contribution is 9.10. The van der Waals surface area contributed by atoms with Crippen LogP contribution in [-0.2, 0) is 4.79 Å². The fourth-order valence-electron chi connectivity index (χ4n) is 2.39. The Hall–Kier alpha value is -1.36. The largest absolute Gasteiger partial charge is 0.345 e. The van der Waals surface area contributed by atoms with E-state index < -0.39 is 0 Å². The summed E-state index contributed by atoms with van der Waals surface area (Å²) in [7, 11) is 0. The van der Waals surface area contributed by atoms with Gasteiger partial charge in [-0.3, -0.25) is 4.79 Å². The maximum atomic E-state index is 12.1. The van der Waals surface area contributed by atoms with Crippen molar-refractivity contribution in [1.29, 1.82) is 0 Å². The quantitative estimate of drug-likeness (QED) is 0.770. The monoisotopic (exact) mass is 395 g/mol. The van der Waals surface area contributed by atoms with Gasteiger partial charge in [0.15, 0.2) is 6.54 Å². The summed E-state index contributed by atoms with van der Waals surface area (Å²) in [5, 5.41) is 5.77. The van der Waals surface area contributed by atoms with Gasteiger partial charge in [-0.1, -0.05) is 57.9 Å². The van der Waals surface area contributed by atoms with Gasteiger partial charge < -0.3 is 10.6 Å². The predicted molar refractivity (Wildman–Crippen MR) is 97.4 cm³/mol. The van der Waals surface area contributed by atoms with Crippen LogP contribution in [0.15, 0.2) is 53.0 Å². The number of carbonyl (C=O) groups excluding carboxylic acids is 1. The van der Waals surface area contributed by atoms with E-state index in [1.807, 2.05) is 60.8 Å². The molecule has 0 aliphatic carbocycles. The molecule has 0 saturated heterocycles. The van der Waals surface area contributed by atoms with Crippen molar-refractivity contribution in [3.05, 3.63) is 69.2 Å². The SMILES string of the molecule is C[C@H](NC(=O)C[NH2+][C@H](C)c1ccc(Cl)cc1)c1ccccc1Br. The normalized spacial score (nSPS) is 13.4.